The lowest BCUT2D eigenvalue weighted by Gasteiger charge is -2.33. The minimum atomic E-state index is -0.834. The fourth-order valence-electron chi connectivity index (χ4n) is 6.94. The molecular weight excluding hydrogens is 581 g/mol. The second-order valence-electron chi connectivity index (χ2n) is 13.6. The van der Waals surface area contributed by atoms with Gasteiger partial charge in [-0.3, -0.25) is 0 Å². The van der Waals surface area contributed by atoms with E-state index in [2.05, 4.69) is 136 Å². The first kappa shape index (κ1) is 28.7. The Hall–Kier alpha value is -4.73. The van der Waals surface area contributed by atoms with Gasteiger partial charge in [0, 0.05) is 13.8 Å². The van der Waals surface area contributed by atoms with Crippen LogP contribution in [-0.4, -0.2) is 5.79 Å². The van der Waals surface area contributed by atoms with Crippen LogP contribution in [-0.2, 0) is 5.41 Å². The van der Waals surface area contributed by atoms with Crippen molar-refractivity contribution < 1.29 is 9.47 Å². The van der Waals surface area contributed by atoms with Crippen LogP contribution in [0.4, 0.5) is 0 Å². The Labute approximate surface area is 276 Å². The van der Waals surface area contributed by atoms with Gasteiger partial charge in [-0.1, -0.05) is 130 Å². The van der Waals surface area contributed by atoms with Crippen LogP contribution in [0.3, 0.4) is 0 Å². The van der Waals surface area contributed by atoms with Gasteiger partial charge in [0.15, 0.2) is 0 Å². The highest BCUT2D eigenvalue weighted by Gasteiger charge is 2.32. The molecule has 0 aromatic heterocycles. The maximum absolute atomic E-state index is 6.62. The van der Waals surface area contributed by atoms with Crippen LogP contribution in [0.25, 0.3) is 55.6 Å². The molecule has 1 aliphatic carbocycles. The average Bonchev–Trinajstić information content (AvgIpc) is 3.04. The van der Waals surface area contributed by atoms with Crippen molar-refractivity contribution in [3.8, 4) is 67.1 Å². The molecule has 0 bridgehead atoms. The van der Waals surface area contributed by atoms with Gasteiger partial charge in [-0.15, -0.1) is 0 Å². The summed E-state index contributed by atoms with van der Waals surface area (Å²) in [5, 5.41) is 0. The molecule has 0 unspecified atom stereocenters. The largest absolute Gasteiger partial charge is 0.452 e. The lowest BCUT2D eigenvalue weighted by atomic mass is 9.75. The topological polar surface area (TPSA) is 18.5 Å². The number of fused-ring (bicyclic) bond motifs is 10. The molecule has 46 heavy (non-hydrogen) atoms. The van der Waals surface area contributed by atoms with E-state index >= 15 is 0 Å². The van der Waals surface area contributed by atoms with Gasteiger partial charge in [0.2, 0.25) is 5.79 Å². The zero-order valence-electron chi connectivity index (χ0n) is 26.8. The molecule has 2 nitrogen and oxygen atoms in total. The summed E-state index contributed by atoms with van der Waals surface area (Å²) in [5.41, 5.74) is 13.6. The highest BCUT2D eigenvalue weighted by Crippen LogP contribution is 2.53. The third-order valence-electron chi connectivity index (χ3n) is 8.95. The van der Waals surface area contributed by atoms with Crippen LogP contribution < -0.4 is 9.47 Å². The predicted molar refractivity (Wildman–Crippen MR) is 192 cm³/mol. The van der Waals surface area contributed by atoms with Crippen LogP contribution in [0.2, 0.25) is 0 Å². The standard InChI is InChI=1S/C43H36O2S/c1-42(2,3)37-26-35-32-20-11-9-18-30(32)28-16-7-6-15-27(28)29-17-8-10-19-31(29)34(35)25-36(37)33-21-14-23-39-41(33)46-40-24-13-12-22-38(40)44-43(4,5)45-39/h6-26H,1-5H3. The zero-order valence-corrected chi connectivity index (χ0v) is 27.7. The van der Waals surface area contributed by atoms with Gasteiger partial charge >= 0.3 is 0 Å². The van der Waals surface area contributed by atoms with Gasteiger partial charge in [-0.05, 0) is 96.9 Å². The molecule has 6 aromatic carbocycles. The summed E-state index contributed by atoms with van der Waals surface area (Å²) in [4.78, 5) is 2.17. The van der Waals surface area contributed by atoms with Crippen molar-refractivity contribution in [2.45, 2.75) is 55.6 Å². The molecule has 0 atom stereocenters. The maximum Gasteiger partial charge on any atom is 0.245 e. The predicted octanol–water partition coefficient (Wildman–Crippen LogP) is 12.3. The molecule has 0 saturated heterocycles. The number of hydrogen-bond donors (Lipinski definition) is 0. The van der Waals surface area contributed by atoms with Crippen LogP contribution >= 0.6 is 11.8 Å². The normalized spacial score (nSPS) is 14.2. The number of benzene rings is 6. The highest BCUT2D eigenvalue weighted by atomic mass is 32.2. The lowest BCUT2D eigenvalue weighted by Crippen LogP contribution is -2.36. The molecule has 226 valence electrons. The monoisotopic (exact) mass is 616 g/mol. The third kappa shape index (κ3) is 4.82. The Balaban J connectivity index is 1.46. The van der Waals surface area contributed by atoms with E-state index in [0.717, 1.165) is 26.9 Å². The van der Waals surface area contributed by atoms with Gasteiger partial charge < -0.3 is 9.47 Å². The fraction of sp³-hybridized carbons (Fsp3) is 0.163. The molecule has 1 heterocycles. The Bertz CT molecular complexity index is 2150. The van der Waals surface area contributed by atoms with E-state index in [9.17, 15) is 0 Å². The summed E-state index contributed by atoms with van der Waals surface area (Å²) >= 11 is 1.72. The van der Waals surface area contributed by atoms with E-state index < -0.39 is 5.79 Å². The van der Waals surface area contributed by atoms with Gasteiger partial charge in [-0.25, -0.2) is 0 Å². The molecule has 8 rings (SSSR count). The van der Waals surface area contributed by atoms with Crippen molar-refractivity contribution in [2.75, 3.05) is 0 Å². The fourth-order valence-corrected chi connectivity index (χ4v) is 8.02. The Morgan fingerprint density at radius 2 is 0.891 bits per heavy atom. The number of rotatable bonds is 1. The number of hydrogen-bond acceptors (Lipinski definition) is 3. The molecule has 0 spiro atoms. The summed E-state index contributed by atoms with van der Waals surface area (Å²) in [6.07, 6.45) is 0. The Morgan fingerprint density at radius 1 is 0.457 bits per heavy atom. The molecule has 3 heteroatoms. The van der Waals surface area contributed by atoms with Crippen LogP contribution in [0.5, 0.6) is 11.5 Å². The van der Waals surface area contributed by atoms with Crippen molar-refractivity contribution in [3.63, 3.8) is 0 Å². The third-order valence-corrected chi connectivity index (χ3v) is 10.1. The number of para-hydroxylation sites is 1. The summed E-state index contributed by atoms with van der Waals surface area (Å²) in [6, 6.07) is 46.2. The SMILES string of the molecule is CC1(C)Oc2ccccc2Sc2c(cccc2-c2cc3c(cc2C(C)(C)C)-c2ccccc2-c2ccccc2-c2ccccc2-3)O1. The van der Waals surface area contributed by atoms with Gasteiger partial charge in [0.1, 0.15) is 11.5 Å². The summed E-state index contributed by atoms with van der Waals surface area (Å²) in [5.74, 6) is 0.823. The van der Waals surface area contributed by atoms with Crippen LogP contribution in [0, 0.1) is 0 Å². The smallest absolute Gasteiger partial charge is 0.245 e. The van der Waals surface area contributed by atoms with Crippen molar-refractivity contribution in [1.82, 2.24) is 0 Å². The molecule has 1 aliphatic heterocycles. The van der Waals surface area contributed by atoms with E-state index in [4.69, 9.17) is 9.47 Å². The summed E-state index contributed by atoms with van der Waals surface area (Å²) < 4.78 is 13.0. The first-order valence-corrected chi connectivity index (χ1v) is 16.7. The highest BCUT2D eigenvalue weighted by molar-refractivity contribution is 7.99. The van der Waals surface area contributed by atoms with E-state index in [0.29, 0.717) is 0 Å². The Morgan fingerprint density at radius 3 is 1.46 bits per heavy atom. The Kier molecular flexibility index (Phi) is 6.67. The second-order valence-corrected chi connectivity index (χ2v) is 14.7. The van der Waals surface area contributed by atoms with E-state index in [1.165, 1.54) is 55.6 Å². The lowest BCUT2D eigenvalue weighted by molar-refractivity contribution is -0.0849. The molecule has 0 N–H and O–H groups in total. The summed E-state index contributed by atoms with van der Waals surface area (Å²) in [7, 11) is 0. The molecule has 0 radical (unpaired) electrons. The molecule has 0 fully saturated rings. The molecule has 0 saturated carbocycles. The summed E-state index contributed by atoms with van der Waals surface area (Å²) in [6.45, 7) is 10.9. The van der Waals surface area contributed by atoms with E-state index in [1.807, 2.05) is 26.0 Å². The van der Waals surface area contributed by atoms with Crippen LogP contribution in [0.1, 0.15) is 40.2 Å². The average molecular weight is 617 g/mol. The van der Waals surface area contributed by atoms with Crippen molar-refractivity contribution in [1.29, 1.82) is 0 Å². The minimum absolute atomic E-state index is 0.130. The van der Waals surface area contributed by atoms with Crippen LogP contribution in [0.15, 0.2) is 137 Å². The van der Waals surface area contributed by atoms with Crippen molar-refractivity contribution in [3.05, 3.63) is 133 Å². The first-order chi connectivity index (χ1) is 22.2. The molecule has 2 aliphatic rings. The molecule has 0 amide bonds. The van der Waals surface area contributed by atoms with Gasteiger partial charge in [0.25, 0.3) is 0 Å². The minimum Gasteiger partial charge on any atom is -0.452 e. The van der Waals surface area contributed by atoms with E-state index in [-0.39, 0.29) is 5.41 Å². The maximum atomic E-state index is 6.62. The molecule has 6 aromatic rings. The quantitative estimate of drug-likeness (QED) is 0.183. The number of ether oxygens (including phenoxy) is 2. The zero-order chi connectivity index (χ0) is 31.6. The second kappa shape index (κ2) is 10.7. The molecular formula is C43H36O2S. The van der Waals surface area contributed by atoms with Crippen molar-refractivity contribution in [2.24, 2.45) is 0 Å². The van der Waals surface area contributed by atoms with E-state index in [1.54, 1.807) is 11.8 Å². The van der Waals surface area contributed by atoms with Gasteiger partial charge in [0.05, 0.1) is 9.79 Å². The first-order valence-electron chi connectivity index (χ1n) is 15.9. The van der Waals surface area contributed by atoms with Crippen molar-refractivity contribution >= 4 is 11.8 Å². The van der Waals surface area contributed by atoms with Gasteiger partial charge in [-0.2, -0.15) is 0 Å².